The van der Waals surface area contributed by atoms with Crippen LogP contribution in [0, 0.1) is 17.8 Å². The third-order valence-corrected chi connectivity index (χ3v) is 6.15. The Labute approximate surface area is 170 Å². The molecule has 4 heteroatoms. The predicted octanol–water partition coefficient (Wildman–Crippen LogP) is 5.02. The van der Waals surface area contributed by atoms with E-state index in [9.17, 15) is 15.0 Å². The van der Waals surface area contributed by atoms with Crippen LogP contribution >= 0.6 is 0 Å². The van der Waals surface area contributed by atoms with Crippen molar-refractivity contribution in [2.24, 2.45) is 17.8 Å². The molecule has 2 rings (SSSR count). The van der Waals surface area contributed by atoms with E-state index in [-0.39, 0.29) is 24.5 Å². The van der Waals surface area contributed by atoms with Crippen molar-refractivity contribution in [1.29, 1.82) is 0 Å². The number of aliphatic hydroxyl groups excluding tert-OH is 2. The third kappa shape index (κ3) is 7.56. The summed E-state index contributed by atoms with van der Waals surface area (Å²) >= 11 is 0. The maximum atomic E-state index is 10.6. The minimum atomic E-state index is -0.718. The van der Waals surface area contributed by atoms with Crippen molar-refractivity contribution in [3.05, 3.63) is 35.5 Å². The van der Waals surface area contributed by atoms with Crippen LogP contribution in [-0.2, 0) is 4.79 Å². The minimum absolute atomic E-state index is 0.177. The number of aliphatic hydroxyl groups is 2. The minimum Gasteiger partial charge on any atom is -0.481 e. The van der Waals surface area contributed by atoms with Gasteiger partial charge >= 0.3 is 5.97 Å². The Kier molecular flexibility index (Phi) is 9.46. The molecule has 0 aromatic heterocycles. The number of carboxylic acid groups (broad SMARTS) is 1. The van der Waals surface area contributed by atoms with Gasteiger partial charge in [0, 0.05) is 12.3 Å². The Balaban J connectivity index is 1.72. The van der Waals surface area contributed by atoms with Crippen LogP contribution in [0.5, 0.6) is 0 Å². The van der Waals surface area contributed by atoms with Gasteiger partial charge in [-0.15, -0.1) is 0 Å². The lowest BCUT2D eigenvalue weighted by Gasteiger charge is -2.18. The zero-order valence-corrected chi connectivity index (χ0v) is 17.5. The maximum absolute atomic E-state index is 10.6. The second kappa shape index (κ2) is 11.6. The highest BCUT2D eigenvalue weighted by Gasteiger charge is 2.43. The van der Waals surface area contributed by atoms with Crippen molar-refractivity contribution in [3.63, 3.8) is 0 Å². The van der Waals surface area contributed by atoms with Gasteiger partial charge in [0.2, 0.25) is 0 Å². The SMILES string of the molecule is CC(C)=CCCCC(O)C/C=C/[C@H]1[C@H]2CC(CCCCC(=O)O)=C[C@H]2C[C@H]1O. The van der Waals surface area contributed by atoms with Crippen LogP contribution in [0.4, 0.5) is 0 Å². The van der Waals surface area contributed by atoms with Gasteiger partial charge in [-0.25, -0.2) is 0 Å². The second-order valence-electron chi connectivity index (χ2n) is 8.87. The molecule has 0 aromatic rings. The van der Waals surface area contributed by atoms with E-state index < -0.39 is 5.97 Å². The number of carboxylic acids is 1. The molecule has 0 spiro atoms. The largest absolute Gasteiger partial charge is 0.481 e. The number of allylic oxidation sites excluding steroid dienone is 4. The zero-order valence-electron chi connectivity index (χ0n) is 17.5. The first kappa shape index (κ1) is 22.9. The lowest BCUT2D eigenvalue weighted by atomic mass is 9.88. The third-order valence-electron chi connectivity index (χ3n) is 6.15. The summed E-state index contributed by atoms with van der Waals surface area (Å²) in [5.74, 6) is 0.379. The molecule has 1 unspecified atom stereocenters. The van der Waals surface area contributed by atoms with Gasteiger partial charge in [0.05, 0.1) is 12.2 Å². The number of carbonyl (C=O) groups is 1. The summed E-state index contributed by atoms with van der Waals surface area (Å²) in [6, 6.07) is 0. The normalized spacial score (nSPS) is 27.6. The zero-order chi connectivity index (χ0) is 20.5. The molecule has 0 aliphatic heterocycles. The quantitative estimate of drug-likeness (QED) is 0.323. The molecule has 0 aromatic carbocycles. The molecular weight excluding hydrogens is 352 g/mol. The first-order valence-electron chi connectivity index (χ1n) is 10.9. The maximum Gasteiger partial charge on any atom is 0.303 e. The van der Waals surface area contributed by atoms with Gasteiger partial charge in [0.15, 0.2) is 0 Å². The van der Waals surface area contributed by atoms with Gasteiger partial charge in [0.1, 0.15) is 0 Å². The number of rotatable bonds is 12. The van der Waals surface area contributed by atoms with E-state index in [2.05, 4.69) is 38.2 Å². The van der Waals surface area contributed by atoms with Crippen LogP contribution in [0.2, 0.25) is 0 Å². The van der Waals surface area contributed by atoms with E-state index in [0.29, 0.717) is 18.3 Å². The van der Waals surface area contributed by atoms with E-state index in [0.717, 1.165) is 51.4 Å². The monoisotopic (exact) mass is 390 g/mol. The molecular formula is C24H38O4. The molecule has 5 atom stereocenters. The summed E-state index contributed by atoms with van der Waals surface area (Å²) in [4.78, 5) is 10.6. The Bertz CT molecular complexity index is 585. The Morgan fingerprint density at radius 3 is 2.79 bits per heavy atom. The molecule has 1 fully saturated rings. The predicted molar refractivity (Wildman–Crippen MR) is 113 cm³/mol. The van der Waals surface area contributed by atoms with Gasteiger partial charge in [0.25, 0.3) is 0 Å². The Morgan fingerprint density at radius 2 is 2.07 bits per heavy atom. The van der Waals surface area contributed by atoms with Crippen molar-refractivity contribution in [2.45, 2.75) is 90.3 Å². The van der Waals surface area contributed by atoms with E-state index >= 15 is 0 Å². The molecule has 0 bridgehead atoms. The Hall–Kier alpha value is -1.39. The van der Waals surface area contributed by atoms with Crippen LogP contribution in [0.1, 0.15) is 78.1 Å². The molecule has 4 nitrogen and oxygen atoms in total. The molecule has 0 heterocycles. The molecule has 0 amide bonds. The summed E-state index contributed by atoms with van der Waals surface area (Å²) in [5.41, 5.74) is 2.76. The van der Waals surface area contributed by atoms with Crippen LogP contribution in [0.15, 0.2) is 35.5 Å². The molecule has 28 heavy (non-hydrogen) atoms. The number of hydrogen-bond acceptors (Lipinski definition) is 3. The summed E-state index contributed by atoms with van der Waals surface area (Å²) < 4.78 is 0. The van der Waals surface area contributed by atoms with Crippen LogP contribution < -0.4 is 0 Å². The summed E-state index contributed by atoms with van der Waals surface area (Å²) in [6.45, 7) is 4.19. The number of hydrogen-bond donors (Lipinski definition) is 3. The summed E-state index contributed by atoms with van der Waals surface area (Å²) in [7, 11) is 0. The van der Waals surface area contributed by atoms with Crippen molar-refractivity contribution in [1.82, 2.24) is 0 Å². The van der Waals surface area contributed by atoms with Gasteiger partial charge in [-0.05, 0) is 83.5 Å². The van der Waals surface area contributed by atoms with Crippen LogP contribution in [-0.4, -0.2) is 33.5 Å². The van der Waals surface area contributed by atoms with Crippen LogP contribution in [0.3, 0.4) is 0 Å². The van der Waals surface area contributed by atoms with Gasteiger partial charge < -0.3 is 15.3 Å². The number of aliphatic carboxylic acids is 1. The summed E-state index contributed by atoms with van der Waals surface area (Å²) in [6.07, 6.45) is 16.4. The highest BCUT2D eigenvalue weighted by molar-refractivity contribution is 5.66. The molecule has 158 valence electrons. The lowest BCUT2D eigenvalue weighted by molar-refractivity contribution is -0.137. The highest BCUT2D eigenvalue weighted by Crippen LogP contribution is 2.48. The van der Waals surface area contributed by atoms with E-state index in [1.54, 1.807) is 0 Å². The van der Waals surface area contributed by atoms with Gasteiger partial charge in [-0.3, -0.25) is 4.79 Å². The molecule has 2 aliphatic carbocycles. The smallest absolute Gasteiger partial charge is 0.303 e. The van der Waals surface area contributed by atoms with E-state index in [1.807, 2.05) is 0 Å². The van der Waals surface area contributed by atoms with Crippen molar-refractivity contribution in [2.75, 3.05) is 0 Å². The lowest BCUT2D eigenvalue weighted by Crippen LogP contribution is -2.17. The molecule has 3 N–H and O–H groups in total. The first-order valence-corrected chi connectivity index (χ1v) is 10.9. The molecule has 0 radical (unpaired) electrons. The number of unbranched alkanes of at least 4 members (excludes halogenated alkanes) is 2. The Morgan fingerprint density at radius 1 is 1.29 bits per heavy atom. The van der Waals surface area contributed by atoms with Crippen molar-refractivity contribution >= 4 is 5.97 Å². The molecule has 0 saturated heterocycles. The molecule has 2 aliphatic rings. The topological polar surface area (TPSA) is 77.8 Å². The first-order chi connectivity index (χ1) is 13.4. The van der Waals surface area contributed by atoms with Crippen LogP contribution in [0.25, 0.3) is 0 Å². The van der Waals surface area contributed by atoms with Gasteiger partial charge in [-0.1, -0.05) is 35.5 Å². The van der Waals surface area contributed by atoms with Crippen molar-refractivity contribution in [3.8, 4) is 0 Å². The van der Waals surface area contributed by atoms with E-state index in [4.69, 9.17) is 5.11 Å². The fraction of sp³-hybridized carbons (Fsp3) is 0.708. The standard InChI is InChI=1S/C24H38O4/c1-17(2)8-3-5-10-20(25)11-7-12-21-22-15-18(9-4-6-13-24(27)28)14-19(22)16-23(21)26/h7-8,12,14,19-23,25-26H,3-6,9-11,13,15-16H2,1-2H3,(H,27,28)/b12-7+/t19-,20?,21-,22-,23+/m0/s1. The van der Waals surface area contributed by atoms with E-state index in [1.165, 1.54) is 11.1 Å². The second-order valence-corrected chi connectivity index (χ2v) is 8.87. The average Bonchev–Trinajstić information content (AvgIpc) is 3.13. The molecule has 1 saturated carbocycles. The van der Waals surface area contributed by atoms with Crippen molar-refractivity contribution < 1.29 is 20.1 Å². The fourth-order valence-corrected chi connectivity index (χ4v) is 4.67. The van der Waals surface area contributed by atoms with Gasteiger partial charge in [-0.2, -0.15) is 0 Å². The fourth-order valence-electron chi connectivity index (χ4n) is 4.67. The average molecular weight is 391 g/mol. The number of fused-ring (bicyclic) bond motifs is 1. The summed E-state index contributed by atoms with van der Waals surface area (Å²) in [5, 5.41) is 29.3. The highest BCUT2D eigenvalue weighted by atomic mass is 16.4.